The Labute approximate surface area is 222 Å². The fourth-order valence-electron chi connectivity index (χ4n) is 5.18. The summed E-state index contributed by atoms with van der Waals surface area (Å²) in [5.74, 6) is 0.0809. The van der Waals surface area contributed by atoms with Crippen LogP contribution in [0.2, 0.25) is 0 Å². The van der Waals surface area contributed by atoms with E-state index in [2.05, 4.69) is 0 Å². The molecule has 1 saturated heterocycles. The average Bonchev–Trinajstić information content (AvgIpc) is 3.42. The van der Waals surface area contributed by atoms with Gasteiger partial charge in [0.05, 0.1) is 18.7 Å². The van der Waals surface area contributed by atoms with Gasteiger partial charge in [0.15, 0.2) is 0 Å². The van der Waals surface area contributed by atoms with Crippen LogP contribution in [0.15, 0.2) is 72.3 Å². The van der Waals surface area contributed by atoms with Crippen molar-refractivity contribution < 1.29 is 24.2 Å². The summed E-state index contributed by atoms with van der Waals surface area (Å²) in [6, 6.07) is 20.1. The lowest BCUT2D eigenvalue weighted by atomic mass is 9.94. The van der Waals surface area contributed by atoms with Gasteiger partial charge in [-0.05, 0) is 72.5 Å². The van der Waals surface area contributed by atoms with Crippen molar-refractivity contribution in [3.05, 3.63) is 94.6 Å². The number of aliphatic hydroxyl groups excluding tert-OH is 1. The van der Waals surface area contributed by atoms with Crippen LogP contribution >= 0.6 is 0 Å². The number of amides is 1. The van der Waals surface area contributed by atoms with Crippen molar-refractivity contribution in [2.45, 2.75) is 31.9 Å². The van der Waals surface area contributed by atoms with E-state index in [1.807, 2.05) is 86.6 Å². The first-order valence-corrected chi connectivity index (χ1v) is 12.8. The molecule has 2 aliphatic rings. The maximum Gasteiger partial charge on any atom is 0.295 e. The molecular weight excluding hydrogens is 480 g/mol. The molecule has 2 unspecified atom stereocenters. The largest absolute Gasteiger partial charge is 0.507 e. The van der Waals surface area contributed by atoms with E-state index < -0.39 is 17.7 Å². The summed E-state index contributed by atoms with van der Waals surface area (Å²) in [5.41, 5.74) is 4.36. The molecule has 3 aromatic carbocycles. The standard InChI is InChI=1S/C31H32N2O5/c1-19-17-23-18-22(9-14-26(23)38-19)29(34)27-28(21-7-10-24(11-8-21)32(2)3)33(31(36)30(27)35)16-15-20-5-12-25(37-4)13-6-20/h5-14,18-19,28,34H,15-17H2,1-4H3/b29-27-. The second kappa shape index (κ2) is 10.2. The number of Topliss-reactive ketones (excluding diaryl/α,β-unsaturated/α-hetero) is 1. The molecule has 1 amide bonds. The Kier molecular flexibility index (Phi) is 6.85. The zero-order valence-corrected chi connectivity index (χ0v) is 22.1. The minimum Gasteiger partial charge on any atom is -0.507 e. The molecule has 2 aliphatic heterocycles. The van der Waals surface area contributed by atoms with Gasteiger partial charge in [-0.15, -0.1) is 0 Å². The smallest absolute Gasteiger partial charge is 0.295 e. The summed E-state index contributed by atoms with van der Waals surface area (Å²) in [7, 11) is 5.52. The number of rotatable bonds is 7. The first-order chi connectivity index (χ1) is 18.3. The van der Waals surface area contributed by atoms with E-state index in [-0.39, 0.29) is 17.4 Å². The van der Waals surface area contributed by atoms with Gasteiger partial charge in [-0.2, -0.15) is 0 Å². The van der Waals surface area contributed by atoms with Crippen molar-refractivity contribution in [2.24, 2.45) is 0 Å². The SMILES string of the molecule is COc1ccc(CCN2C(=O)C(=O)/C(=C(\O)c3ccc4c(c3)CC(C)O4)C2c2ccc(N(C)C)cc2)cc1. The summed E-state index contributed by atoms with van der Waals surface area (Å²) in [6.45, 7) is 2.31. The van der Waals surface area contributed by atoms with Gasteiger partial charge in [0.1, 0.15) is 23.4 Å². The van der Waals surface area contributed by atoms with E-state index in [4.69, 9.17) is 9.47 Å². The zero-order chi connectivity index (χ0) is 27.0. The van der Waals surface area contributed by atoms with E-state index in [0.717, 1.165) is 40.3 Å². The molecule has 0 aromatic heterocycles. The number of ether oxygens (including phenoxy) is 2. The monoisotopic (exact) mass is 512 g/mol. The highest BCUT2D eigenvalue weighted by Gasteiger charge is 2.46. The predicted octanol–water partition coefficient (Wildman–Crippen LogP) is 4.75. The summed E-state index contributed by atoms with van der Waals surface area (Å²) < 4.78 is 11.0. The number of fused-ring (bicyclic) bond motifs is 1. The molecule has 1 fully saturated rings. The zero-order valence-electron chi connectivity index (χ0n) is 22.1. The molecule has 38 heavy (non-hydrogen) atoms. The van der Waals surface area contributed by atoms with Crippen LogP contribution in [0.5, 0.6) is 11.5 Å². The molecule has 0 radical (unpaired) electrons. The highest BCUT2D eigenvalue weighted by atomic mass is 16.5. The van der Waals surface area contributed by atoms with Crippen molar-refractivity contribution in [1.29, 1.82) is 0 Å². The van der Waals surface area contributed by atoms with Gasteiger partial charge in [-0.25, -0.2) is 0 Å². The second-order valence-electron chi connectivity index (χ2n) is 10.0. The minimum absolute atomic E-state index is 0.0566. The summed E-state index contributed by atoms with van der Waals surface area (Å²) in [5, 5.41) is 11.5. The van der Waals surface area contributed by atoms with Gasteiger partial charge in [0.2, 0.25) is 0 Å². The number of methoxy groups -OCH3 is 1. The number of nitrogens with zero attached hydrogens (tertiary/aromatic N) is 2. The quantitative estimate of drug-likeness (QED) is 0.280. The molecule has 0 bridgehead atoms. The third-order valence-corrected chi connectivity index (χ3v) is 7.24. The first-order valence-electron chi connectivity index (χ1n) is 12.8. The Hall–Kier alpha value is -4.26. The Balaban J connectivity index is 1.54. The van der Waals surface area contributed by atoms with Crippen molar-refractivity contribution in [2.75, 3.05) is 32.6 Å². The second-order valence-corrected chi connectivity index (χ2v) is 10.0. The average molecular weight is 513 g/mol. The predicted molar refractivity (Wildman–Crippen MR) is 147 cm³/mol. The molecule has 1 N–H and O–H groups in total. The van der Waals surface area contributed by atoms with Crippen molar-refractivity contribution >= 4 is 23.1 Å². The van der Waals surface area contributed by atoms with Gasteiger partial charge in [0, 0.05) is 38.3 Å². The molecule has 0 saturated carbocycles. The summed E-state index contributed by atoms with van der Waals surface area (Å²) in [4.78, 5) is 30.3. The van der Waals surface area contributed by atoms with E-state index in [9.17, 15) is 14.7 Å². The molecule has 2 atom stereocenters. The van der Waals surface area contributed by atoms with Crippen molar-refractivity contribution in [1.82, 2.24) is 4.90 Å². The molecule has 3 aromatic rings. The maximum atomic E-state index is 13.4. The lowest BCUT2D eigenvalue weighted by Crippen LogP contribution is -2.31. The lowest BCUT2D eigenvalue weighted by molar-refractivity contribution is -0.139. The van der Waals surface area contributed by atoms with Crippen LogP contribution in [0.1, 0.15) is 35.2 Å². The maximum absolute atomic E-state index is 13.4. The number of carbonyl (C=O) groups is 2. The molecule has 2 heterocycles. The molecule has 0 spiro atoms. The summed E-state index contributed by atoms with van der Waals surface area (Å²) in [6.07, 6.45) is 1.33. The molecule has 196 valence electrons. The minimum atomic E-state index is -0.701. The van der Waals surface area contributed by atoms with Crippen LogP contribution in [0.4, 0.5) is 5.69 Å². The van der Waals surface area contributed by atoms with Crippen LogP contribution in [0.3, 0.4) is 0 Å². The normalized spacial score (nSPS) is 19.8. The van der Waals surface area contributed by atoms with E-state index in [1.165, 1.54) is 0 Å². The number of ketones is 1. The van der Waals surface area contributed by atoms with Crippen molar-refractivity contribution in [3.8, 4) is 11.5 Å². The Morgan fingerprint density at radius 2 is 1.76 bits per heavy atom. The van der Waals surface area contributed by atoms with Crippen LogP contribution < -0.4 is 14.4 Å². The highest BCUT2D eigenvalue weighted by Crippen LogP contribution is 2.41. The Morgan fingerprint density at radius 1 is 1.05 bits per heavy atom. The summed E-state index contributed by atoms with van der Waals surface area (Å²) >= 11 is 0. The van der Waals surface area contributed by atoms with E-state index in [0.29, 0.717) is 18.5 Å². The molecule has 7 heteroatoms. The number of hydrogen-bond acceptors (Lipinski definition) is 6. The van der Waals surface area contributed by atoms with Crippen LogP contribution in [-0.2, 0) is 22.4 Å². The Morgan fingerprint density at radius 3 is 2.42 bits per heavy atom. The van der Waals surface area contributed by atoms with E-state index >= 15 is 0 Å². The molecular formula is C31H32N2O5. The van der Waals surface area contributed by atoms with E-state index in [1.54, 1.807) is 18.1 Å². The van der Waals surface area contributed by atoms with Gasteiger partial charge in [-0.1, -0.05) is 24.3 Å². The number of anilines is 1. The number of hydrogen-bond donors (Lipinski definition) is 1. The molecule has 5 rings (SSSR count). The fraction of sp³-hybridized carbons (Fsp3) is 0.290. The first kappa shape index (κ1) is 25.4. The highest BCUT2D eigenvalue weighted by molar-refractivity contribution is 6.46. The van der Waals surface area contributed by atoms with Gasteiger partial charge >= 0.3 is 0 Å². The van der Waals surface area contributed by atoms with Crippen LogP contribution in [0, 0.1) is 0 Å². The van der Waals surface area contributed by atoms with Crippen molar-refractivity contribution in [3.63, 3.8) is 0 Å². The fourth-order valence-corrected chi connectivity index (χ4v) is 5.18. The van der Waals surface area contributed by atoms with Crippen LogP contribution in [0.25, 0.3) is 5.76 Å². The van der Waals surface area contributed by atoms with Crippen LogP contribution in [-0.4, -0.2) is 55.6 Å². The number of carbonyl (C=O) groups excluding carboxylic acids is 2. The number of benzene rings is 3. The topological polar surface area (TPSA) is 79.3 Å². The Bertz CT molecular complexity index is 1390. The van der Waals surface area contributed by atoms with Gasteiger partial charge in [-0.3, -0.25) is 9.59 Å². The van der Waals surface area contributed by atoms with Gasteiger partial charge in [0.25, 0.3) is 11.7 Å². The lowest BCUT2D eigenvalue weighted by Gasteiger charge is -2.26. The number of likely N-dealkylation sites (tertiary alicyclic amines) is 1. The molecule has 7 nitrogen and oxygen atoms in total. The number of aliphatic hydroxyl groups is 1. The molecule has 0 aliphatic carbocycles. The third-order valence-electron chi connectivity index (χ3n) is 7.24. The third kappa shape index (κ3) is 4.72. The van der Waals surface area contributed by atoms with Gasteiger partial charge < -0.3 is 24.4 Å².